The number of amides is 1. The van der Waals surface area contributed by atoms with Crippen LogP contribution in [-0.4, -0.2) is 92.2 Å². The maximum atomic E-state index is 14.8. The van der Waals surface area contributed by atoms with E-state index in [0.29, 0.717) is 17.2 Å². The van der Waals surface area contributed by atoms with E-state index in [4.69, 9.17) is 4.74 Å². The predicted octanol–water partition coefficient (Wildman–Crippen LogP) is 4.06. The average Bonchev–Trinajstić information content (AvgIpc) is 3.79. The van der Waals surface area contributed by atoms with Gasteiger partial charge in [0.1, 0.15) is 22.1 Å². The second-order valence-corrected chi connectivity index (χ2v) is 11.4. The van der Waals surface area contributed by atoms with E-state index < -0.39 is 23.6 Å². The zero-order valence-electron chi connectivity index (χ0n) is 24.9. The molecule has 16 heteroatoms. The van der Waals surface area contributed by atoms with Gasteiger partial charge in [0.2, 0.25) is 5.95 Å². The molecule has 4 aromatic rings. The molecule has 1 N–H and O–H groups in total. The lowest BCUT2D eigenvalue weighted by Gasteiger charge is -2.28. The normalized spacial score (nSPS) is 16.6. The number of methoxy groups -OCH3 is 1. The van der Waals surface area contributed by atoms with Crippen molar-refractivity contribution in [1.82, 2.24) is 34.4 Å². The molecule has 0 unspecified atom stereocenters. The molecule has 0 saturated heterocycles. The highest BCUT2D eigenvalue weighted by atomic mass is 32.1. The Morgan fingerprint density at radius 1 is 1.09 bits per heavy atom. The van der Waals surface area contributed by atoms with Gasteiger partial charge in [0, 0.05) is 29.9 Å². The fourth-order valence-electron chi connectivity index (χ4n) is 5.05. The van der Waals surface area contributed by atoms with Gasteiger partial charge in [0.25, 0.3) is 11.8 Å². The van der Waals surface area contributed by atoms with Crippen LogP contribution in [0.2, 0.25) is 0 Å². The van der Waals surface area contributed by atoms with Crippen LogP contribution >= 0.6 is 11.3 Å². The molecular formula is C29H32F2N8O5S. The number of halogens is 2. The Labute approximate surface area is 261 Å². The molecule has 0 spiro atoms. The van der Waals surface area contributed by atoms with Crippen molar-refractivity contribution >= 4 is 34.8 Å². The van der Waals surface area contributed by atoms with Crippen molar-refractivity contribution in [2.24, 2.45) is 0 Å². The van der Waals surface area contributed by atoms with E-state index in [1.807, 2.05) is 6.92 Å². The Morgan fingerprint density at radius 3 is 2.60 bits per heavy atom. The topological polar surface area (TPSA) is 146 Å². The number of hydrogen-bond acceptors (Lipinski definition) is 11. The van der Waals surface area contributed by atoms with E-state index in [9.17, 15) is 23.2 Å². The van der Waals surface area contributed by atoms with E-state index in [-0.39, 0.29) is 53.9 Å². The lowest BCUT2D eigenvalue weighted by atomic mass is 9.93. The highest BCUT2D eigenvalue weighted by Gasteiger charge is 2.27. The van der Waals surface area contributed by atoms with E-state index in [0.717, 1.165) is 42.5 Å². The van der Waals surface area contributed by atoms with Gasteiger partial charge in [-0.2, -0.15) is 14.6 Å². The summed E-state index contributed by atoms with van der Waals surface area (Å²) in [6, 6.07) is 1.86. The van der Waals surface area contributed by atoms with E-state index in [1.54, 1.807) is 17.9 Å². The van der Waals surface area contributed by atoms with Gasteiger partial charge in [0.05, 0.1) is 44.2 Å². The minimum atomic E-state index is -0.881. The Bertz CT molecular complexity index is 1680. The molecule has 0 atom stereocenters. The standard InChI is InChI=1S/C29H32F2N8O5S/c1-4-44-19-7-5-18(6-8-19)38-13-21(27(36-38)26-20(30)9-10-23(31)35-26)33-28(42)22-16-45-29(34-22)17-11-32-39(12-17)24(40)14-37(2)15-25(41)43-3/h9-13,16,18-19H,4-8,14-15H2,1-3H3,(H,33,42). The highest BCUT2D eigenvalue weighted by molar-refractivity contribution is 7.13. The summed E-state index contributed by atoms with van der Waals surface area (Å²) < 4.78 is 42.0. The number of nitrogens with zero attached hydrogens (tertiary/aromatic N) is 7. The molecule has 0 aliphatic heterocycles. The first-order chi connectivity index (χ1) is 21.6. The van der Waals surface area contributed by atoms with Crippen LogP contribution in [0.15, 0.2) is 36.1 Å². The lowest BCUT2D eigenvalue weighted by Crippen LogP contribution is -2.34. The molecule has 13 nitrogen and oxygen atoms in total. The van der Waals surface area contributed by atoms with Crippen molar-refractivity contribution in [3.05, 3.63) is 53.6 Å². The monoisotopic (exact) mass is 642 g/mol. The van der Waals surface area contributed by atoms with Gasteiger partial charge in [-0.1, -0.05) is 0 Å². The van der Waals surface area contributed by atoms with Crippen molar-refractivity contribution in [3.63, 3.8) is 0 Å². The van der Waals surface area contributed by atoms with Gasteiger partial charge in [-0.05, 0) is 51.8 Å². The SMILES string of the molecule is CCOC1CCC(n2cc(NC(=O)c3csc(-c4cnn(C(=O)CN(C)CC(=O)OC)c4)n3)c(-c3nc(F)ccc3F)n2)CC1. The molecule has 0 aromatic carbocycles. The van der Waals surface area contributed by atoms with Crippen LogP contribution in [0.5, 0.6) is 0 Å². The van der Waals surface area contributed by atoms with Gasteiger partial charge in [-0.25, -0.2) is 19.0 Å². The Balaban J connectivity index is 1.33. The van der Waals surface area contributed by atoms with Crippen molar-refractivity contribution in [1.29, 1.82) is 0 Å². The van der Waals surface area contributed by atoms with Crippen molar-refractivity contribution < 1.29 is 32.6 Å². The van der Waals surface area contributed by atoms with Gasteiger partial charge < -0.3 is 14.8 Å². The molecule has 4 aromatic heterocycles. The first-order valence-electron chi connectivity index (χ1n) is 14.3. The second-order valence-electron chi connectivity index (χ2n) is 10.5. The van der Waals surface area contributed by atoms with Gasteiger partial charge >= 0.3 is 5.97 Å². The zero-order valence-corrected chi connectivity index (χ0v) is 25.7. The summed E-state index contributed by atoms with van der Waals surface area (Å²) in [5.41, 5.74) is 0.411. The van der Waals surface area contributed by atoms with Crippen molar-refractivity contribution in [2.75, 3.05) is 39.2 Å². The average molecular weight is 643 g/mol. The number of carbonyl (C=O) groups is 3. The summed E-state index contributed by atoms with van der Waals surface area (Å²) in [5.74, 6) is -3.11. The molecule has 4 heterocycles. The Kier molecular flexibility index (Phi) is 10.0. The maximum absolute atomic E-state index is 14.8. The fraction of sp³-hybridized carbons (Fsp3) is 0.414. The van der Waals surface area contributed by atoms with Crippen LogP contribution in [0.4, 0.5) is 14.5 Å². The summed E-state index contributed by atoms with van der Waals surface area (Å²) in [6.45, 7) is 2.46. The number of ether oxygens (including phenoxy) is 2. The molecule has 1 aliphatic rings. The molecule has 1 fully saturated rings. The number of thiazole rings is 1. The van der Waals surface area contributed by atoms with Gasteiger partial charge in [-0.3, -0.25) is 24.0 Å². The van der Waals surface area contributed by atoms with Crippen LogP contribution in [0.25, 0.3) is 22.0 Å². The summed E-state index contributed by atoms with van der Waals surface area (Å²) in [6.07, 6.45) is 7.89. The third-order valence-electron chi connectivity index (χ3n) is 7.29. The number of hydrogen-bond donors (Lipinski definition) is 1. The van der Waals surface area contributed by atoms with E-state index in [2.05, 4.69) is 30.2 Å². The quantitative estimate of drug-likeness (QED) is 0.188. The largest absolute Gasteiger partial charge is 0.468 e. The molecular weight excluding hydrogens is 610 g/mol. The molecule has 0 radical (unpaired) electrons. The fourth-order valence-corrected chi connectivity index (χ4v) is 5.83. The summed E-state index contributed by atoms with van der Waals surface area (Å²) >= 11 is 1.17. The Hall–Kier alpha value is -4.41. The first kappa shape index (κ1) is 32.0. The lowest BCUT2D eigenvalue weighted by molar-refractivity contribution is -0.141. The van der Waals surface area contributed by atoms with Crippen LogP contribution in [0.3, 0.4) is 0 Å². The number of anilines is 1. The molecule has 238 valence electrons. The number of nitrogens with one attached hydrogen (secondary N) is 1. The number of pyridine rings is 1. The minimum Gasteiger partial charge on any atom is -0.468 e. The predicted molar refractivity (Wildman–Crippen MR) is 160 cm³/mol. The maximum Gasteiger partial charge on any atom is 0.319 e. The number of esters is 1. The zero-order chi connectivity index (χ0) is 32.1. The van der Waals surface area contributed by atoms with Crippen LogP contribution in [-0.2, 0) is 14.3 Å². The first-order valence-corrected chi connectivity index (χ1v) is 15.2. The minimum absolute atomic E-state index is 0.000286. The molecule has 1 amide bonds. The summed E-state index contributed by atoms with van der Waals surface area (Å²) in [4.78, 5) is 47.0. The summed E-state index contributed by atoms with van der Waals surface area (Å²) in [7, 11) is 2.87. The highest BCUT2D eigenvalue weighted by Crippen LogP contribution is 2.34. The number of rotatable bonds is 11. The van der Waals surface area contributed by atoms with Gasteiger partial charge in [-0.15, -0.1) is 11.3 Å². The number of aromatic nitrogens is 6. The van der Waals surface area contributed by atoms with Crippen LogP contribution in [0.1, 0.15) is 53.9 Å². The molecule has 1 saturated carbocycles. The number of carbonyl (C=O) groups excluding carboxylic acids is 3. The molecule has 5 rings (SSSR count). The summed E-state index contributed by atoms with van der Waals surface area (Å²) in [5, 5.41) is 13.3. The third-order valence-corrected chi connectivity index (χ3v) is 8.18. The molecule has 1 aliphatic carbocycles. The number of likely N-dealkylation sites (N-methyl/N-ethyl adjacent to an activating group) is 1. The molecule has 45 heavy (non-hydrogen) atoms. The van der Waals surface area contributed by atoms with Crippen LogP contribution in [0, 0.1) is 11.8 Å². The molecule has 0 bridgehead atoms. The second kappa shape index (κ2) is 14.1. The van der Waals surface area contributed by atoms with E-state index >= 15 is 0 Å². The third kappa shape index (κ3) is 7.64. The van der Waals surface area contributed by atoms with Crippen LogP contribution < -0.4 is 5.32 Å². The van der Waals surface area contributed by atoms with Gasteiger partial charge in [0.15, 0.2) is 5.82 Å². The van der Waals surface area contributed by atoms with Crippen molar-refractivity contribution in [3.8, 4) is 22.0 Å². The smallest absolute Gasteiger partial charge is 0.319 e. The van der Waals surface area contributed by atoms with E-state index in [1.165, 1.54) is 41.1 Å². The van der Waals surface area contributed by atoms with Crippen molar-refractivity contribution in [2.45, 2.75) is 44.8 Å². The Morgan fingerprint density at radius 2 is 1.87 bits per heavy atom.